The number of aliphatic carboxylic acids is 1. The van der Waals surface area contributed by atoms with Crippen molar-refractivity contribution in [2.75, 3.05) is 0 Å². The minimum absolute atomic E-state index is 0.824. The van der Waals surface area contributed by atoms with Gasteiger partial charge in [0.25, 0.3) is 0 Å². The summed E-state index contributed by atoms with van der Waals surface area (Å²) in [7, 11) is 0. The molecule has 0 aromatic rings. The van der Waals surface area contributed by atoms with E-state index in [0.29, 0.717) is 0 Å². The molecule has 0 heterocycles. The largest absolute Gasteiger partial charge is 0.480 e. The summed E-state index contributed by atoms with van der Waals surface area (Å²) in [5.74, 6) is -1.12. The summed E-state index contributed by atoms with van der Waals surface area (Å²) in [6.07, 6.45) is 0.0964. The van der Waals surface area contributed by atoms with Gasteiger partial charge in [-0.15, -0.1) is 0 Å². The van der Waals surface area contributed by atoms with Crippen LogP contribution in [0.3, 0.4) is 0 Å². The van der Waals surface area contributed by atoms with E-state index in [1.165, 1.54) is 6.92 Å². The number of carboxylic acids is 1. The summed E-state index contributed by atoms with van der Waals surface area (Å²) in [5, 5.41) is 10.4. The van der Waals surface area contributed by atoms with Crippen molar-refractivity contribution in [3.8, 4) is 0 Å². The Hall–Kier alpha value is -1.52. The van der Waals surface area contributed by atoms with Crippen molar-refractivity contribution in [2.45, 2.75) is 13.0 Å². The Labute approximate surface area is 63.7 Å². The van der Waals surface area contributed by atoms with Crippen LogP contribution in [0.15, 0.2) is 12.8 Å². The van der Waals surface area contributed by atoms with Crippen molar-refractivity contribution in [2.24, 2.45) is 0 Å². The van der Waals surface area contributed by atoms with Gasteiger partial charge in [-0.05, 0) is 6.92 Å². The topological polar surface area (TPSA) is 75.6 Å². The number of carbonyl (C=O) groups is 2. The van der Waals surface area contributed by atoms with Crippen LogP contribution < -0.4 is 5.32 Å². The average molecular weight is 159 g/mol. The lowest BCUT2D eigenvalue weighted by Crippen LogP contribution is -2.37. The van der Waals surface area contributed by atoms with Gasteiger partial charge in [-0.3, -0.25) is 4.79 Å². The first kappa shape index (κ1) is 9.48. The van der Waals surface area contributed by atoms with Gasteiger partial charge in [-0.25, -0.2) is 4.79 Å². The Balaban J connectivity index is 3.74. The van der Waals surface area contributed by atoms with Crippen LogP contribution in [0, 0.1) is 0 Å². The van der Waals surface area contributed by atoms with Crippen LogP contribution in [0.4, 0.5) is 4.79 Å². The van der Waals surface area contributed by atoms with Crippen LogP contribution in [0.2, 0.25) is 0 Å². The molecule has 0 aromatic carbocycles. The fourth-order valence-corrected chi connectivity index (χ4v) is 0.348. The lowest BCUT2D eigenvalue weighted by atomic mass is 10.4. The minimum atomic E-state index is -1.12. The van der Waals surface area contributed by atoms with Crippen LogP contribution in [0.1, 0.15) is 6.92 Å². The molecule has 1 amide bonds. The van der Waals surface area contributed by atoms with Crippen molar-refractivity contribution in [3.05, 3.63) is 12.8 Å². The number of carboxylic acid groups (broad SMARTS) is 1. The van der Waals surface area contributed by atoms with Crippen LogP contribution in [-0.4, -0.2) is 23.2 Å². The maximum absolute atomic E-state index is 10.5. The highest BCUT2D eigenvalue weighted by atomic mass is 16.5. The van der Waals surface area contributed by atoms with E-state index in [9.17, 15) is 9.59 Å². The third kappa shape index (κ3) is 3.96. The second-order valence-electron chi connectivity index (χ2n) is 1.78. The fourth-order valence-electron chi connectivity index (χ4n) is 0.348. The SMILES string of the molecule is C=COC(=O)NC(C)C(=O)O. The Bertz CT molecular complexity index is 177. The fraction of sp³-hybridized carbons (Fsp3) is 0.333. The van der Waals surface area contributed by atoms with Crippen LogP contribution in [0.25, 0.3) is 0 Å². The molecule has 2 N–H and O–H groups in total. The molecule has 0 aliphatic carbocycles. The van der Waals surface area contributed by atoms with E-state index in [1.807, 2.05) is 5.32 Å². The van der Waals surface area contributed by atoms with Crippen molar-refractivity contribution < 1.29 is 19.4 Å². The molecule has 0 aliphatic rings. The number of ether oxygens (including phenoxy) is 1. The number of hydrogen-bond acceptors (Lipinski definition) is 3. The molecule has 0 bridgehead atoms. The summed E-state index contributed by atoms with van der Waals surface area (Å²) < 4.78 is 4.21. The molecule has 11 heavy (non-hydrogen) atoms. The monoisotopic (exact) mass is 159 g/mol. The minimum Gasteiger partial charge on any atom is -0.480 e. The number of nitrogens with one attached hydrogen (secondary N) is 1. The van der Waals surface area contributed by atoms with Crippen molar-refractivity contribution in [1.82, 2.24) is 5.32 Å². The van der Waals surface area contributed by atoms with Gasteiger partial charge >= 0.3 is 12.1 Å². The quantitative estimate of drug-likeness (QED) is 0.582. The van der Waals surface area contributed by atoms with Crippen molar-refractivity contribution in [3.63, 3.8) is 0 Å². The Kier molecular flexibility index (Phi) is 3.72. The normalized spacial score (nSPS) is 11.4. The van der Waals surface area contributed by atoms with Crippen LogP contribution in [0.5, 0.6) is 0 Å². The highest BCUT2D eigenvalue weighted by Gasteiger charge is 2.13. The second-order valence-corrected chi connectivity index (χ2v) is 1.78. The van der Waals surface area contributed by atoms with Gasteiger partial charge in [0, 0.05) is 0 Å². The first-order valence-corrected chi connectivity index (χ1v) is 2.88. The predicted octanol–water partition coefficient (Wildman–Crippen LogP) is 0.329. The Morgan fingerprint density at radius 1 is 1.73 bits per heavy atom. The first-order chi connectivity index (χ1) is 5.07. The number of alkyl carbamates (subject to hydrolysis) is 1. The summed E-state index contributed by atoms with van der Waals surface area (Å²) >= 11 is 0. The van der Waals surface area contributed by atoms with E-state index in [1.54, 1.807) is 0 Å². The van der Waals surface area contributed by atoms with E-state index in [2.05, 4.69) is 11.3 Å². The van der Waals surface area contributed by atoms with Gasteiger partial charge in [-0.2, -0.15) is 0 Å². The third-order valence-corrected chi connectivity index (χ3v) is 0.895. The molecule has 62 valence electrons. The van der Waals surface area contributed by atoms with Gasteiger partial charge < -0.3 is 15.2 Å². The van der Waals surface area contributed by atoms with Crippen molar-refractivity contribution >= 4 is 12.1 Å². The molecule has 1 unspecified atom stereocenters. The smallest absolute Gasteiger partial charge is 0.412 e. The summed E-state index contributed by atoms with van der Waals surface area (Å²) in [5.41, 5.74) is 0. The predicted molar refractivity (Wildman–Crippen MR) is 36.9 cm³/mol. The van der Waals surface area contributed by atoms with Crippen LogP contribution >= 0.6 is 0 Å². The third-order valence-electron chi connectivity index (χ3n) is 0.895. The zero-order chi connectivity index (χ0) is 8.85. The lowest BCUT2D eigenvalue weighted by molar-refractivity contribution is -0.138. The maximum Gasteiger partial charge on any atom is 0.412 e. The maximum atomic E-state index is 10.5. The molecule has 0 fully saturated rings. The van der Waals surface area contributed by atoms with Gasteiger partial charge in [0.2, 0.25) is 0 Å². The summed E-state index contributed by atoms with van der Waals surface area (Å²) in [4.78, 5) is 20.6. The average Bonchev–Trinajstić information content (AvgIpc) is 1.87. The molecule has 0 saturated carbocycles. The molecule has 0 spiro atoms. The summed E-state index contributed by atoms with van der Waals surface area (Å²) in [6, 6.07) is -0.956. The molecule has 0 rings (SSSR count). The number of rotatable bonds is 3. The molecular formula is C6H9NO4. The van der Waals surface area contributed by atoms with Crippen LogP contribution in [-0.2, 0) is 9.53 Å². The Morgan fingerprint density at radius 2 is 2.27 bits per heavy atom. The first-order valence-electron chi connectivity index (χ1n) is 2.88. The molecule has 5 nitrogen and oxygen atoms in total. The highest BCUT2D eigenvalue weighted by molar-refractivity contribution is 5.79. The summed E-state index contributed by atoms with van der Waals surface area (Å²) in [6.45, 7) is 4.45. The molecular weight excluding hydrogens is 150 g/mol. The molecule has 0 saturated heterocycles. The van der Waals surface area contributed by atoms with Gasteiger partial charge in [0.15, 0.2) is 0 Å². The molecule has 0 radical (unpaired) electrons. The number of hydrogen-bond donors (Lipinski definition) is 2. The zero-order valence-corrected chi connectivity index (χ0v) is 6.03. The van der Waals surface area contributed by atoms with Gasteiger partial charge in [-0.1, -0.05) is 6.58 Å². The number of amides is 1. The van der Waals surface area contributed by atoms with E-state index in [-0.39, 0.29) is 0 Å². The Morgan fingerprint density at radius 3 is 2.64 bits per heavy atom. The van der Waals surface area contributed by atoms with Crippen molar-refractivity contribution in [1.29, 1.82) is 0 Å². The number of carbonyl (C=O) groups excluding carboxylic acids is 1. The zero-order valence-electron chi connectivity index (χ0n) is 6.03. The van der Waals surface area contributed by atoms with E-state index >= 15 is 0 Å². The van der Waals surface area contributed by atoms with Gasteiger partial charge in [0.05, 0.1) is 6.26 Å². The van der Waals surface area contributed by atoms with E-state index < -0.39 is 18.1 Å². The van der Waals surface area contributed by atoms with Gasteiger partial charge in [0.1, 0.15) is 6.04 Å². The lowest BCUT2D eigenvalue weighted by Gasteiger charge is -2.06. The highest BCUT2D eigenvalue weighted by Crippen LogP contribution is 1.83. The van der Waals surface area contributed by atoms with E-state index in [4.69, 9.17) is 5.11 Å². The standard InChI is InChI=1S/C6H9NO4/c1-3-11-6(10)7-4(2)5(8)9/h3-4H,1H2,2H3,(H,7,10)(H,8,9). The molecule has 1 atom stereocenters. The second kappa shape index (κ2) is 4.32. The molecule has 5 heteroatoms. The molecule has 0 aromatic heterocycles. The molecule has 0 aliphatic heterocycles. The van der Waals surface area contributed by atoms with E-state index in [0.717, 1.165) is 6.26 Å².